The van der Waals surface area contributed by atoms with Gasteiger partial charge in [0.1, 0.15) is 5.75 Å². The number of phenolic OH excluding ortho intramolecular Hbond substituents is 1. The molecular weight excluding hydrogens is 170 g/mol. The second-order valence-electron chi connectivity index (χ2n) is 2.89. The molecule has 4 heteroatoms. The predicted molar refractivity (Wildman–Crippen MR) is 47.2 cm³/mol. The van der Waals surface area contributed by atoms with Crippen LogP contribution in [0.1, 0.15) is 11.9 Å². The highest BCUT2D eigenvalue weighted by molar-refractivity contribution is 5.47. The second-order valence-corrected chi connectivity index (χ2v) is 2.89. The molecule has 1 heterocycles. The fourth-order valence-electron chi connectivity index (χ4n) is 1.30. The molecule has 1 aromatic carbocycles. The van der Waals surface area contributed by atoms with Gasteiger partial charge in [-0.2, -0.15) is 0 Å². The van der Waals surface area contributed by atoms with E-state index in [0.29, 0.717) is 24.5 Å². The molecule has 0 bridgehead atoms. The Balaban J connectivity index is 2.32. The van der Waals surface area contributed by atoms with Crippen molar-refractivity contribution in [3.63, 3.8) is 0 Å². The molecule has 0 atom stereocenters. The van der Waals surface area contributed by atoms with Gasteiger partial charge in [0.05, 0.1) is 18.8 Å². The highest BCUT2D eigenvalue weighted by Crippen LogP contribution is 2.31. The van der Waals surface area contributed by atoms with Crippen LogP contribution in [0, 0.1) is 0 Å². The van der Waals surface area contributed by atoms with E-state index in [4.69, 9.17) is 15.2 Å². The van der Waals surface area contributed by atoms with E-state index in [2.05, 4.69) is 0 Å². The van der Waals surface area contributed by atoms with Crippen LogP contribution in [-0.2, 0) is 9.47 Å². The number of nitrogens with two attached hydrogens (primary N) is 1. The lowest BCUT2D eigenvalue weighted by atomic mass is 10.1. The number of aromatic hydroxyl groups is 1. The third-order valence-corrected chi connectivity index (χ3v) is 1.93. The number of hydrogen-bond donors (Lipinski definition) is 2. The Morgan fingerprint density at radius 3 is 2.69 bits per heavy atom. The summed E-state index contributed by atoms with van der Waals surface area (Å²) in [7, 11) is 0. The van der Waals surface area contributed by atoms with E-state index in [0.717, 1.165) is 0 Å². The summed E-state index contributed by atoms with van der Waals surface area (Å²) < 4.78 is 10.5. The first-order valence-electron chi connectivity index (χ1n) is 4.09. The van der Waals surface area contributed by atoms with E-state index in [-0.39, 0.29) is 5.75 Å². The van der Waals surface area contributed by atoms with Gasteiger partial charge < -0.3 is 20.3 Å². The molecule has 70 valence electrons. The van der Waals surface area contributed by atoms with Crippen molar-refractivity contribution in [2.45, 2.75) is 6.29 Å². The first-order valence-corrected chi connectivity index (χ1v) is 4.09. The van der Waals surface area contributed by atoms with Crippen molar-refractivity contribution in [3.05, 3.63) is 23.8 Å². The molecule has 2 rings (SSSR count). The lowest BCUT2D eigenvalue weighted by Gasteiger charge is -2.11. The SMILES string of the molecule is Nc1ccc(O)c(C2OCCO2)c1. The van der Waals surface area contributed by atoms with Gasteiger partial charge in [-0.15, -0.1) is 0 Å². The fraction of sp³-hybridized carbons (Fsp3) is 0.333. The quantitative estimate of drug-likeness (QED) is 0.501. The van der Waals surface area contributed by atoms with Crippen molar-refractivity contribution in [1.82, 2.24) is 0 Å². The predicted octanol–water partition coefficient (Wildman–Crippen LogP) is 1.02. The third-order valence-electron chi connectivity index (χ3n) is 1.93. The van der Waals surface area contributed by atoms with Gasteiger partial charge in [0.2, 0.25) is 0 Å². The molecule has 1 aliphatic heterocycles. The molecule has 0 amide bonds. The molecule has 13 heavy (non-hydrogen) atoms. The van der Waals surface area contributed by atoms with Gasteiger partial charge in [-0.3, -0.25) is 0 Å². The number of anilines is 1. The Labute approximate surface area is 75.9 Å². The first kappa shape index (κ1) is 8.34. The monoisotopic (exact) mass is 181 g/mol. The van der Waals surface area contributed by atoms with Crippen LogP contribution in [0.2, 0.25) is 0 Å². The number of hydrogen-bond acceptors (Lipinski definition) is 4. The van der Waals surface area contributed by atoms with Gasteiger partial charge in [-0.05, 0) is 18.2 Å². The molecule has 0 radical (unpaired) electrons. The summed E-state index contributed by atoms with van der Waals surface area (Å²) in [5.41, 5.74) is 6.76. The average Bonchev–Trinajstić information content (AvgIpc) is 2.61. The minimum absolute atomic E-state index is 0.154. The van der Waals surface area contributed by atoms with Crippen LogP contribution in [0.5, 0.6) is 5.75 Å². The van der Waals surface area contributed by atoms with Crippen molar-refractivity contribution in [2.75, 3.05) is 18.9 Å². The van der Waals surface area contributed by atoms with Gasteiger partial charge in [0.15, 0.2) is 6.29 Å². The maximum Gasteiger partial charge on any atom is 0.187 e. The van der Waals surface area contributed by atoms with Crippen molar-refractivity contribution < 1.29 is 14.6 Å². The van der Waals surface area contributed by atoms with Crippen LogP contribution in [0.25, 0.3) is 0 Å². The van der Waals surface area contributed by atoms with Crippen LogP contribution in [-0.4, -0.2) is 18.3 Å². The summed E-state index contributed by atoms with van der Waals surface area (Å²) in [5.74, 6) is 0.154. The standard InChI is InChI=1S/C9H11NO3/c10-6-1-2-8(11)7(5-6)9-12-3-4-13-9/h1-2,5,9,11H,3-4,10H2. The van der Waals surface area contributed by atoms with E-state index in [9.17, 15) is 5.11 Å². The summed E-state index contributed by atoms with van der Waals surface area (Å²) in [6.45, 7) is 1.11. The van der Waals surface area contributed by atoms with Gasteiger partial charge in [0, 0.05) is 5.69 Å². The highest BCUT2D eigenvalue weighted by atomic mass is 16.7. The van der Waals surface area contributed by atoms with Crippen molar-refractivity contribution in [1.29, 1.82) is 0 Å². The van der Waals surface area contributed by atoms with Crippen LogP contribution >= 0.6 is 0 Å². The molecule has 4 nitrogen and oxygen atoms in total. The lowest BCUT2D eigenvalue weighted by molar-refractivity contribution is -0.0454. The van der Waals surface area contributed by atoms with Crippen LogP contribution in [0.4, 0.5) is 5.69 Å². The van der Waals surface area contributed by atoms with Crippen molar-refractivity contribution >= 4 is 5.69 Å². The third kappa shape index (κ3) is 1.59. The van der Waals surface area contributed by atoms with E-state index in [1.54, 1.807) is 12.1 Å². The molecule has 0 unspecified atom stereocenters. The van der Waals surface area contributed by atoms with E-state index in [1.807, 2.05) is 0 Å². The summed E-state index contributed by atoms with van der Waals surface area (Å²) in [4.78, 5) is 0. The molecule has 0 saturated carbocycles. The maximum atomic E-state index is 9.48. The molecule has 1 saturated heterocycles. The topological polar surface area (TPSA) is 64.7 Å². The zero-order valence-electron chi connectivity index (χ0n) is 7.06. The number of nitrogen functional groups attached to an aromatic ring is 1. The van der Waals surface area contributed by atoms with Gasteiger partial charge in [0.25, 0.3) is 0 Å². The lowest BCUT2D eigenvalue weighted by Crippen LogP contribution is -1.99. The molecule has 1 aromatic rings. The largest absolute Gasteiger partial charge is 0.507 e. The van der Waals surface area contributed by atoms with Gasteiger partial charge in [-0.25, -0.2) is 0 Å². The number of ether oxygens (including phenoxy) is 2. The number of rotatable bonds is 1. The zero-order valence-corrected chi connectivity index (χ0v) is 7.06. The summed E-state index contributed by atoms with van der Waals surface area (Å²) in [5, 5.41) is 9.48. The summed E-state index contributed by atoms with van der Waals surface area (Å²) in [6.07, 6.45) is -0.469. The molecule has 0 aromatic heterocycles. The zero-order chi connectivity index (χ0) is 9.26. The van der Waals surface area contributed by atoms with Crippen molar-refractivity contribution in [2.24, 2.45) is 0 Å². The van der Waals surface area contributed by atoms with Crippen LogP contribution < -0.4 is 5.73 Å². The first-order chi connectivity index (χ1) is 6.27. The Morgan fingerprint density at radius 1 is 1.31 bits per heavy atom. The summed E-state index contributed by atoms with van der Waals surface area (Å²) in [6, 6.07) is 4.83. The van der Waals surface area contributed by atoms with E-state index in [1.165, 1.54) is 6.07 Å². The Kier molecular flexibility index (Phi) is 2.08. The van der Waals surface area contributed by atoms with E-state index < -0.39 is 6.29 Å². The normalized spacial score (nSPS) is 17.8. The van der Waals surface area contributed by atoms with Crippen LogP contribution in [0.3, 0.4) is 0 Å². The molecule has 1 fully saturated rings. The highest BCUT2D eigenvalue weighted by Gasteiger charge is 2.21. The summed E-state index contributed by atoms with van der Waals surface area (Å²) >= 11 is 0. The van der Waals surface area contributed by atoms with Gasteiger partial charge in [-0.1, -0.05) is 0 Å². The van der Waals surface area contributed by atoms with Crippen LogP contribution in [0.15, 0.2) is 18.2 Å². The average molecular weight is 181 g/mol. The molecule has 1 aliphatic rings. The van der Waals surface area contributed by atoms with Gasteiger partial charge >= 0.3 is 0 Å². The Hall–Kier alpha value is -1.26. The maximum absolute atomic E-state index is 9.48. The Morgan fingerprint density at radius 2 is 2.00 bits per heavy atom. The number of phenols is 1. The second kappa shape index (κ2) is 3.24. The molecule has 0 spiro atoms. The smallest absolute Gasteiger partial charge is 0.187 e. The van der Waals surface area contributed by atoms with Crippen molar-refractivity contribution in [3.8, 4) is 5.75 Å². The fourth-order valence-corrected chi connectivity index (χ4v) is 1.30. The Bertz CT molecular complexity index is 308. The minimum atomic E-state index is -0.469. The van der Waals surface area contributed by atoms with E-state index >= 15 is 0 Å². The molecular formula is C9H11NO3. The number of benzene rings is 1. The minimum Gasteiger partial charge on any atom is -0.507 e. The molecule has 0 aliphatic carbocycles. The molecule has 3 N–H and O–H groups in total.